The average molecular weight is 226 g/mol. The second kappa shape index (κ2) is 7.29. The van der Waals surface area contributed by atoms with Gasteiger partial charge in [0.15, 0.2) is 0 Å². The molecule has 0 saturated carbocycles. The lowest BCUT2D eigenvalue weighted by atomic mass is 10.0. The molecule has 1 heterocycles. The highest BCUT2D eigenvalue weighted by molar-refractivity contribution is 4.76. The molecule has 0 aromatic carbocycles. The van der Waals surface area contributed by atoms with Crippen LogP contribution in [0, 0.1) is 5.92 Å². The molecule has 0 aromatic heterocycles. The standard InChI is InChI=1S/C14H30N2/c1-5-14(12(2)3)15-11-13(4)16-9-7-6-8-10-16/h12-15H,5-11H2,1-4H3. The van der Waals surface area contributed by atoms with E-state index in [-0.39, 0.29) is 0 Å². The first kappa shape index (κ1) is 14.0. The maximum atomic E-state index is 3.72. The van der Waals surface area contributed by atoms with Gasteiger partial charge < -0.3 is 5.32 Å². The molecular weight excluding hydrogens is 196 g/mol. The molecule has 1 rings (SSSR count). The van der Waals surface area contributed by atoms with Crippen LogP contribution in [-0.4, -0.2) is 36.6 Å². The van der Waals surface area contributed by atoms with E-state index in [1.165, 1.54) is 38.8 Å². The van der Waals surface area contributed by atoms with Gasteiger partial charge >= 0.3 is 0 Å². The quantitative estimate of drug-likeness (QED) is 0.749. The molecule has 0 radical (unpaired) electrons. The van der Waals surface area contributed by atoms with Crippen LogP contribution in [0.1, 0.15) is 53.4 Å². The van der Waals surface area contributed by atoms with E-state index < -0.39 is 0 Å². The molecular formula is C14H30N2. The molecule has 0 amide bonds. The first-order valence-corrected chi connectivity index (χ1v) is 7.12. The predicted molar refractivity (Wildman–Crippen MR) is 71.8 cm³/mol. The molecule has 0 aliphatic carbocycles. The smallest absolute Gasteiger partial charge is 0.0192 e. The Labute approximate surface area is 102 Å². The summed E-state index contributed by atoms with van der Waals surface area (Å²) in [5, 5.41) is 3.72. The molecule has 0 aromatic rings. The molecule has 1 saturated heterocycles. The molecule has 0 spiro atoms. The lowest BCUT2D eigenvalue weighted by Gasteiger charge is -2.34. The summed E-state index contributed by atoms with van der Waals surface area (Å²) in [6.07, 6.45) is 5.46. The number of rotatable bonds is 6. The van der Waals surface area contributed by atoms with Crippen LogP contribution in [0.2, 0.25) is 0 Å². The van der Waals surface area contributed by atoms with E-state index in [1.807, 2.05) is 0 Å². The van der Waals surface area contributed by atoms with E-state index in [4.69, 9.17) is 0 Å². The molecule has 2 nitrogen and oxygen atoms in total. The molecule has 2 unspecified atom stereocenters. The molecule has 1 aliphatic rings. The normalized spacial score (nSPS) is 22.3. The summed E-state index contributed by atoms with van der Waals surface area (Å²) >= 11 is 0. The second-order valence-electron chi connectivity index (χ2n) is 5.61. The third kappa shape index (κ3) is 4.42. The third-order valence-corrected chi connectivity index (χ3v) is 3.93. The van der Waals surface area contributed by atoms with Crippen molar-refractivity contribution in [3.05, 3.63) is 0 Å². The van der Waals surface area contributed by atoms with Gasteiger partial charge in [0.2, 0.25) is 0 Å². The Morgan fingerprint density at radius 1 is 1.06 bits per heavy atom. The molecule has 1 fully saturated rings. The van der Waals surface area contributed by atoms with Crippen molar-refractivity contribution >= 4 is 0 Å². The Morgan fingerprint density at radius 3 is 2.19 bits per heavy atom. The summed E-state index contributed by atoms with van der Waals surface area (Å²) in [6.45, 7) is 13.0. The van der Waals surface area contributed by atoms with Crippen molar-refractivity contribution in [3.8, 4) is 0 Å². The van der Waals surface area contributed by atoms with Crippen molar-refractivity contribution in [1.82, 2.24) is 10.2 Å². The van der Waals surface area contributed by atoms with Crippen LogP contribution in [0.4, 0.5) is 0 Å². The maximum absolute atomic E-state index is 3.72. The number of nitrogens with zero attached hydrogens (tertiary/aromatic N) is 1. The van der Waals surface area contributed by atoms with E-state index in [0.717, 1.165) is 12.5 Å². The Morgan fingerprint density at radius 2 is 1.69 bits per heavy atom. The van der Waals surface area contributed by atoms with Crippen LogP contribution in [0.15, 0.2) is 0 Å². The zero-order chi connectivity index (χ0) is 12.0. The van der Waals surface area contributed by atoms with Gasteiger partial charge in [-0.25, -0.2) is 0 Å². The van der Waals surface area contributed by atoms with Crippen molar-refractivity contribution in [2.24, 2.45) is 5.92 Å². The van der Waals surface area contributed by atoms with Crippen LogP contribution in [-0.2, 0) is 0 Å². The van der Waals surface area contributed by atoms with Gasteiger partial charge in [-0.3, -0.25) is 4.90 Å². The molecule has 2 atom stereocenters. The molecule has 1 aliphatic heterocycles. The fourth-order valence-electron chi connectivity index (χ4n) is 2.66. The molecule has 2 heteroatoms. The van der Waals surface area contributed by atoms with Gasteiger partial charge in [0, 0.05) is 18.6 Å². The van der Waals surface area contributed by atoms with Crippen LogP contribution >= 0.6 is 0 Å². The minimum atomic E-state index is 0.687. The topological polar surface area (TPSA) is 15.3 Å². The van der Waals surface area contributed by atoms with Crippen molar-refractivity contribution in [3.63, 3.8) is 0 Å². The summed E-state index contributed by atoms with van der Waals surface area (Å²) in [5.74, 6) is 0.749. The monoisotopic (exact) mass is 226 g/mol. The average Bonchev–Trinajstić information content (AvgIpc) is 2.30. The van der Waals surface area contributed by atoms with E-state index >= 15 is 0 Å². The van der Waals surface area contributed by atoms with Gasteiger partial charge in [-0.1, -0.05) is 27.2 Å². The van der Waals surface area contributed by atoms with Crippen molar-refractivity contribution in [1.29, 1.82) is 0 Å². The second-order valence-corrected chi connectivity index (χ2v) is 5.61. The Hall–Kier alpha value is -0.0800. The first-order valence-electron chi connectivity index (χ1n) is 7.12. The van der Waals surface area contributed by atoms with E-state index in [0.29, 0.717) is 12.1 Å². The highest BCUT2D eigenvalue weighted by Gasteiger charge is 2.18. The SMILES string of the molecule is CCC(NCC(C)N1CCCCC1)C(C)C. The molecule has 1 N–H and O–H groups in total. The minimum Gasteiger partial charge on any atom is -0.312 e. The summed E-state index contributed by atoms with van der Waals surface area (Å²) in [6, 6.07) is 1.39. The Bertz CT molecular complexity index is 174. The predicted octanol–water partition coefficient (Wildman–Crippen LogP) is 2.89. The van der Waals surface area contributed by atoms with Gasteiger partial charge in [0.1, 0.15) is 0 Å². The summed E-state index contributed by atoms with van der Waals surface area (Å²) in [4.78, 5) is 2.64. The molecule has 96 valence electrons. The van der Waals surface area contributed by atoms with E-state index in [1.54, 1.807) is 0 Å². The fraction of sp³-hybridized carbons (Fsp3) is 1.00. The third-order valence-electron chi connectivity index (χ3n) is 3.93. The number of likely N-dealkylation sites (tertiary alicyclic amines) is 1. The van der Waals surface area contributed by atoms with Crippen molar-refractivity contribution in [2.45, 2.75) is 65.5 Å². The number of hydrogen-bond acceptors (Lipinski definition) is 2. The summed E-state index contributed by atoms with van der Waals surface area (Å²) in [7, 11) is 0. The lowest BCUT2D eigenvalue weighted by Crippen LogP contribution is -2.46. The van der Waals surface area contributed by atoms with Crippen LogP contribution < -0.4 is 5.32 Å². The van der Waals surface area contributed by atoms with Crippen molar-refractivity contribution in [2.75, 3.05) is 19.6 Å². The number of nitrogens with one attached hydrogen (secondary N) is 1. The maximum Gasteiger partial charge on any atom is 0.0192 e. The fourth-order valence-corrected chi connectivity index (χ4v) is 2.66. The lowest BCUT2D eigenvalue weighted by molar-refractivity contribution is 0.165. The van der Waals surface area contributed by atoms with Gasteiger partial charge in [-0.15, -0.1) is 0 Å². The van der Waals surface area contributed by atoms with Crippen molar-refractivity contribution < 1.29 is 0 Å². The molecule has 0 bridgehead atoms. The van der Waals surface area contributed by atoms with E-state index in [2.05, 4.69) is 37.9 Å². The zero-order valence-electron chi connectivity index (χ0n) is 11.6. The highest BCUT2D eigenvalue weighted by atomic mass is 15.2. The van der Waals surface area contributed by atoms with Gasteiger partial charge in [0.05, 0.1) is 0 Å². The number of hydrogen-bond donors (Lipinski definition) is 1. The van der Waals surface area contributed by atoms with Gasteiger partial charge in [-0.2, -0.15) is 0 Å². The van der Waals surface area contributed by atoms with Gasteiger partial charge in [-0.05, 0) is 45.2 Å². The van der Waals surface area contributed by atoms with Crippen LogP contribution in [0.5, 0.6) is 0 Å². The van der Waals surface area contributed by atoms with E-state index in [9.17, 15) is 0 Å². The Kier molecular flexibility index (Phi) is 6.37. The summed E-state index contributed by atoms with van der Waals surface area (Å²) in [5.41, 5.74) is 0. The zero-order valence-corrected chi connectivity index (χ0v) is 11.6. The van der Waals surface area contributed by atoms with Gasteiger partial charge in [0.25, 0.3) is 0 Å². The highest BCUT2D eigenvalue weighted by Crippen LogP contribution is 2.12. The number of piperidine rings is 1. The minimum absolute atomic E-state index is 0.687. The van der Waals surface area contributed by atoms with Crippen LogP contribution in [0.3, 0.4) is 0 Å². The van der Waals surface area contributed by atoms with Crippen LogP contribution in [0.25, 0.3) is 0 Å². The first-order chi connectivity index (χ1) is 7.65. The molecule has 16 heavy (non-hydrogen) atoms. The Balaban J connectivity index is 2.24. The summed E-state index contributed by atoms with van der Waals surface area (Å²) < 4.78 is 0. The largest absolute Gasteiger partial charge is 0.312 e.